The summed E-state index contributed by atoms with van der Waals surface area (Å²) in [6.45, 7) is 0.193. The van der Waals surface area contributed by atoms with E-state index in [9.17, 15) is 9.18 Å². The summed E-state index contributed by atoms with van der Waals surface area (Å²) < 4.78 is 19.8. The van der Waals surface area contributed by atoms with Crippen LogP contribution in [0.5, 0.6) is 5.75 Å². The minimum atomic E-state index is -1.10. The van der Waals surface area contributed by atoms with Gasteiger partial charge in [-0.05, 0) is 51.8 Å². The molecule has 0 saturated carbocycles. The van der Waals surface area contributed by atoms with Gasteiger partial charge in [-0.1, -0.05) is 0 Å². The van der Waals surface area contributed by atoms with Crippen molar-refractivity contribution >= 4 is 28.0 Å². The zero-order chi connectivity index (χ0) is 15.2. The maximum Gasteiger partial charge on any atom is 0.328 e. The molecule has 108 valence electrons. The van der Waals surface area contributed by atoms with Crippen molar-refractivity contribution in [2.24, 2.45) is 0 Å². The molecule has 2 aromatic rings. The number of benzene rings is 1. The topological polar surface area (TPSA) is 59.4 Å². The zero-order valence-corrected chi connectivity index (χ0v) is 12.4. The fraction of sp³-hybridized carbons (Fsp3) is 0.0667. The van der Waals surface area contributed by atoms with Gasteiger partial charge in [0, 0.05) is 22.8 Å². The van der Waals surface area contributed by atoms with Crippen LogP contribution in [0.2, 0.25) is 0 Å². The standard InChI is InChI=1S/C15H11BrFNO3/c16-11-2-3-13(18-8-11)9-21-14-6-10(1-4-15(19)20)5-12(17)7-14/h1-8H,9H2,(H,19,20)/b4-1+. The van der Waals surface area contributed by atoms with Crippen molar-refractivity contribution in [3.8, 4) is 5.75 Å². The average Bonchev–Trinajstić information content (AvgIpc) is 2.44. The van der Waals surface area contributed by atoms with Crippen molar-refractivity contribution in [2.45, 2.75) is 6.61 Å². The van der Waals surface area contributed by atoms with Crippen LogP contribution >= 0.6 is 15.9 Å². The second kappa shape index (κ2) is 6.99. The third-order valence-electron chi connectivity index (χ3n) is 2.49. The Kier molecular flexibility index (Phi) is 5.05. The fourth-order valence-electron chi connectivity index (χ4n) is 1.58. The smallest absolute Gasteiger partial charge is 0.328 e. The lowest BCUT2D eigenvalue weighted by Crippen LogP contribution is -1.98. The van der Waals surface area contributed by atoms with Crippen molar-refractivity contribution < 1.29 is 19.0 Å². The zero-order valence-electron chi connectivity index (χ0n) is 10.8. The summed E-state index contributed by atoms with van der Waals surface area (Å²) in [5, 5.41) is 8.56. The van der Waals surface area contributed by atoms with Crippen molar-refractivity contribution in [1.82, 2.24) is 4.98 Å². The highest BCUT2D eigenvalue weighted by molar-refractivity contribution is 9.10. The number of carboxylic acid groups (broad SMARTS) is 1. The number of halogens is 2. The van der Waals surface area contributed by atoms with Crippen molar-refractivity contribution in [2.75, 3.05) is 0 Å². The highest BCUT2D eigenvalue weighted by Crippen LogP contribution is 2.19. The predicted octanol–water partition coefficient (Wildman–Crippen LogP) is 3.66. The van der Waals surface area contributed by atoms with E-state index >= 15 is 0 Å². The van der Waals surface area contributed by atoms with E-state index in [0.717, 1.165) is 10.5 Å². The molecular formula is C15H11BrFNO3. The Morgan fingerprint density at radius 3 is 2.86 bits per heavy atom. The first kappa shape index (κ1) is 15.2. The monoisotopic (exact) mass is 351 g/mol. The van der Waals surface area contributed by atoms with Crippen molar-refractivity contribution in [3.05, 3.63) is 64.2 Å². The Morgan fingerprint density at radius 1 is 1.38 bits per heavy atom. The molecule has 0 fully saturated rings. The van der Waals surface area contributed by atoms with Crippen LogP contribution in [-0.4, -0.2) is 16.1 Å². The number of nitrogens with zero attached hydrogens (tertiary/aromatic N) is 1. The molecule has 0 aliphatic rings. The number of hydrogen-bond acceptors (Lipinski definition) is 3. The number of ether oxygens (including phenoxy) is 1. The summed E-state index contributed by atoms with van der Waals surface area (Å²) in [5.74, 6) is -1.29. The van der Waals surface area contributed by atoms with Crippen LogP contribution in [0.25, 0.3) is 6.08 Å². The molecule has 6 heteroatoms. The summed E-state index contributed by atoms with van der Waals surface area (Å²) in [7, 11) is 0. The molecule has 1 heterocycles. The van der Waals surface area contributed by atoms with E-state index in [1.165, 1.54) is 18.2 Å². The molecule has 0 aliphatic heterocycles. The lowest BCUT2D eigenvalue weighted by atomic mass is 10.2. The summed E-state index contributed by atoms with van der Waals surface area (Å²) in [6, 6.07) is 7.63. The molecule has 0 amide bonds. The largest absolute Gasteiger partial charge is 0.487 e. The lowest BCUT2D eigenvalue weighted by molar-refractivity contribution is -0.131. The first-order valence-corrected chi connectivity index (χ1v) is 6.77. The maximum atomic E-state index is 13.4. The van der Waals surface area contributed by atoms with E-state index in [0.29, 0.717) is 17.0 Å². The highest BCUT2D eigenvalue weighted by Gasteiger charge is 2.02. The van der Waals surface area contributed by atoms with Gasteiger partial charge in [-0.3, -0.25) is 4.98 Å². The van der Waals surface area contributed by atoms with Gasteiger partial charge >= 0.3 is 5.97 Å². The molecular weight excluding hydrogens is 341 g/mol. The summed E-state index contributed by atoms with van der Waals surface area (Å²) in [5.41, 5.74) is 1.11. The number of carboxylic acids is 1. The molecule has 21 heavy (non-hydrogen) atoms. The van der Waals surface area contributed by atoms with Crippen LogP contribution in [0.4, 0.5) is 4.39 Å². The third kappa shape index (κ3) is 5.00. The molecule has 0 spiro atoms. The van der Waals surface area contributed by atoms with Crippen LogP contribution in [0.1, 0.15) is 11.3 Å². The van der Waals surface area contributed by atoms with Crippen LogP contribution in [0.15, 0.2) is 47.1 Å². The molecule has 4 nitrogen and oxygen atoms in total. The quantitative estimate of drug-likeness (QED) is 0.835. The number of hydrogen-bond donors (Lipinski definition) is 1. The van der Waals surface area contributed by atoms with E-state index in [4.69, 9.17) is 9.84 Å². The first-order valence-electron chi connectivity index (χ1n) is 5.98. The van der Waals surface area contributed by atoms with Gasteiger partial charge in [0.1, 0.15) is 18.2 Å². The molecule has 1 N–H and O–H groups in total. The summed E-state index contributed by atoms with van der Waals surface area (Å²) in [6.07, 6.45) is 3.89. The highest BCUT2D eigenvalue weighted by atomic mass is 79.9. The molecule has 0 saturated heterocycles. The van der Waals surface area contributed by atoms with Gasteiger partial charge < -0.3 is 9.84 Å². The Bertz CT molecular complexity index is 671. The van der Waals surface area contributed by atoms with Crippen molar-refractivity contribution in [3.63, 3.8) is 0 Å². The van der Waals surface area contributed by atoms with Gasteiger partial charge in [-0.25, -0.2) is 9.18 Å². The van der Waals surface area contributed by atoms with E-state index < -0.39 is 11.8 Å². The number of pyridine rings is 1. The molecule has 1 aromatic heterocycles. The van der Waals surface area contributed by atoms with E-state index in [-0.39, 0.29) is 6.61 Å². The predicted molar refractivity (Wildman–Crippen MR) is 79.3 cm³/mol. The Hall–Kier alpha value is -2.21. The van der Waals surface area contributed by atoms with Crippen LogP contribution in [-0.2, 0) is 11.4 Å². The second-order valence-corrected chi connectivity index (χ2v) is 5.06. The number of aliphatic carboxylic acids is 1. The lowest BCUT2D eigenvalue weighted by Gasteiger charge is -2.07. The minimum absolute atomic E-state index is 0.193. The molecule has 0 atom stereocenters. The third-order valence-corrected chi connectivity index (χ3v) is 2.96. The van der Waals surface area contributed by atoms with Crippen LogP contribution in [0.3, 0.4) is 0 Å². The van der Waals surface area contributed by atoms with Gasteiger partial charge in [0.2, 0.25) is 0 Å². The van der Waals surface area contributed by atoms with Crippen molar-refractivity contribution in [1.29, 1.82) is 0 Å². The first-order chi connectivity index (χ1) is 10.0. The Balaban J connectivity index is 2.09. The maximum absolute atomic E-state index is 13.4. The van der Waals surface area contributed by atoms with E-state index in [2.05, 4.69) is 20.9 Å². The fourth-order valence-corrected chi connectivity index (χ4v) is 1.82. The summed E-state index contributed by atoms with van der Waals surface area (Å²) >= 11 is 3.28. The minimum Gasteiger partial charge on any atom is -0.487 e. The van der Waals surface area contributed by atoms with Gasteiger partial charge in [-0.2, -0.15) is 0 Å². The van der Waals surface area contributed by atoms with Crippen LogP contribution < -0.4 is 4.74 Å². The Morgan fingerprint density at radius 2 is 2.19 bits per heavy atom. The van der Waals surface area contributed by atoms with Gasteiger partial charge in [0.15, 0.2) is 0 Å². The molecule has 0 bridgehead atoms. The number of carbonyl (C=O) groups is 1. The normalized spacial score (nSPS) is 10.8. The van der Waals surface area contributed by atoms with Gasteiger partial charge in [0.05, 0.1) is 5.69 Å². The van der Waals surface area contributed by atoms with Crippen LogP contribution in [0, 0.1) is 5.82 Å². The molecule has 0 aliphatic carbocycles. The SMILES string of the molecule is O=C(O)/C=C/c1cc(F)cc(OCc2ccc(Br)cn2)c1. The second-order valence-electron chi connectivity index (χ2n) is 4.15. The Labute approximate surface area is 129 Å². The molecule has 0 radical (unpaired) electrons. The average molecular weight is 352 g/mol. The van der Waals surface area contributed by atoms with E-state index in [1.54, 1.807) is 18.3 Å². The molecule has 1 aromatic carbocycles. The molecule has 2 rings (SSSR count). The van der Waals surface area contributed by atoms with E-state index in [1.807, 2.05) is 6.07 Å². The van der Waals surface area contributed by atoms with Gasteiger partial charge in [-0.15, -0.1) is 0 Å². The summed E-state index contributed by atoms with van der Waals surface area (Å²) in [4.78, 5) is 14.6. The number of aromatic nitrogens is 1. The molecule has 0 unspecified atom stereocenters. The number of rotatable bonds is 5. The van der Waals surface area contributed by atoms with Gasteiger partial charge in [0.25, 0.3) is 0 Å².